The van der Waals surface area contributed by atoms with Gasteiger partial charge in [-0.2, -0.15) is 0 Å². The van der Waals surface area contributed by atoms with Crippen LogP contribution in [-0.4, -0.2) is 37.7 Å². The Kier molecular flexibility index (Phi) is 4.37. The van der Waals surface area contributed by atoms with Crippen LogP contribution in [0.4, 0.5) is 0 Å². The van der Waals surface area contributed by atoms with Crippen LogP contribution in [0, 0.1) is 5.41 Å². The molecule has 1 fully saturated rings. The molecule has 0 aliphatic heterocycles. The Balaban J connectivity index is 3.08. The maximum absolute atomic E-state index is 11.8. The smallest absolute Gasteiger partial charge is 0.150 e. The predicted molar refractivity (Wildman–Crippen MR) is 64.9 cm³/mol. The van der Waals surface area contributed by atoms with Gasteiger partial charge in [-0.15, -0.1) is 0 Å². The molecule has 0 aromatic heterocycles. The minimum atomic E-state index is -3.08. The summed E-state index contributed by atoms with van der Waals surface area (Å²) in [5.74, 6) is 0. The van der Waals surface area contributed by atoms with Crippen LogP contribution in [0.3, 0.4) is 0 Å². The highest BCUT2D eigenvalue weighted by atomic mass is 32.2. The first-order valence-electron chi connectivity index (χ1n) is 5.93. The fourth-order valence-electron chi connectivity index (χ4n) is 3.22. The quantitative estimate of drug-likeness (QED) is 0.751. The Morgan fingerprint density at radius 3 is 2.62 bits per heavy atom. The van der Waals surface area contributed by atoms with Crippen molar-refractivity contribution in [2.45, 2.75) is 50.3 Å². The molecule has 3 unspecified atom stereocenters. The van der Waals surface area contributed by atoms with Crippen molar-refractivity contribution < 1.29 is 13.5 Å². The van der Waals surface area contributed by atoms with Crippen LogP contribution in [0.2, 0.25) is 0 Å². The van der Waals surface area contributed by atoms with Gasteiger partial charge in [0.25, 0.3) is 0 Å². The largest absolute Gasteiger partial charge is 0.396 e. The van der Waals surface area contributed by atoms with Crippen LogP contribution >= 0.6 is 0 Å². The van der Waals surface area contributed by atoms with E-state index in [-0.39, 0.29) is 17.9 Å². The Morgan fingerprint density at radius 2 is 2.19 bits per heavy atom. The van der Waals surface area contributed by atoms with Gasteiger partial charge in [0.05, 0.1) is 5.25 Å². The zero-order chi connectivity index (χ0) is 12.4. The van der Waals surface area contributed by atoms with E-state index in [0.29, 0.717) is 12.8 Å². The first kappa shape index (κ1) is 13.9. The van der Waals surface area contributed by atoms with Crippen LogP contribution < -0.4 is 5.73 Å². The molecule has 4 nitrogen and oxygen atoms in total. The molecule has 3 atom stereocenters. The lowest BCUT2D eigenvalue weighted by molar-refractivity contribution is 0.152. The van der Waals surface area contributed by atoms with Gasteiger partial charge >= 0.3 is 0 Å². The fraction of sp³-hybridized carbons (Fsp3) is 1.00. The maximum atomic E-state index is 11.8. The minimum absolute atomic E-state index is 0.0136. The van der Waals surface area contributed by atoms with E-state index in [1.165, 1.54) is 6.26 Å². The number of hydrogen-bond acceptors (Lipinski definition) is 4. The monoisotopic (exact) mass is 249 g/mol. The molecule has 5 heteroatoms. The van der Waals surface area contributed by atoms with Crippen molar-refractivity contribution in [1.29, 1.82) is 0 Å². The molecule has 0 radical (unpaired) electrons. The topological polar surface area (TPSA) is 80.4 Å². The number of aliphatic hydroxyl groups excluding tert-OH is 1. The van der Waals surface area contributed by atoms with Crippen LogP contribution in [-0.2, 0) is 9.84 Å². The van der Waals surface area contributed by atoms with Gasteiger partial charge in [-0.05, 0) is 25.7 Å². The number of rotatable bonds is 5. The highest BCUT2D eigenvalue weighted by Crippen LogP contribution is 2.47. The number of sulfone groups is 1. The molecule has 0 aromatic rings. The molecular formula is C11H23NO3S. The first-order chi connectivity index (χ1) is 7.38. The third-order valence-electron chi connectivity index (χ3n) is 4.02. The van der Waals surface area contributed by atoms with Gasteiger partial charge in [-0.1, -0.05) is 13.3 Å². The van der Waals surface area contributed by atoms with Gasteiger partial charge in [0.2, 0.25) is 0 Å². The summed E-state index contributed by atoms with van der Waals surface area (Å²) in [6.07, 6.45) is 4.95. The Morgan fingerprint density at radius 1 is 1.56 bits per heavy atom. The van der Waals surface area contributed by atoms with Gasteiger partial charge < -0.3 is 10.8 Å². The molecule has 16 heavy (non-hydrogen) atoms. The van der Waals surface area contributed by atoms with Gasteiger partial charge in [0.1, 0.15) is 0 Å². The van der Waals surface area contributed by atoms with Crippen molar-refractivity contribution in [2.24, 2.45) is 11.1 Å². The van der Waals surface area contributed by atoms with E-state index >= 15 is 0 Å². The number of nitrogens with two attached hydrogens (primary N) is 1. The second-order valence-electron chi connectivity index (χ2n) is 4.93. The summed E-state index contributed by atoms with van der Waals surface area (Å²) in [4.78, 5) is 0. The molecule has 1 saturated carbocycles. The lowest BCUT2D eigenvalue weighted by Gasteiger charge is -2.39. The van der Waals surface area contributed by atoms with Crippen LogP contribution in [0.5, 0.6) is 0 Å². The van der Waals surface area contributed by atoms with Crippen molar-refractivity contribution in [3.05, 3.63) is 0 Å². The molecule has 96 valence electrons. The average Bonchev–Trinajstić information content (AvgIpc) is 2.61. The lowest BCUT2D eigenvalue weighted by atomic mass is 9.75. The van der Waals surface area contributed by atoms with Crippen LogP contribution in [0.25, 0.3) is 0 Å². The van der Waals surface area contributed by atoms with Gasteiger partial charge in [0, 0.05) is 24.3 Å². The standard InChI is InChI=1S/C11H23NO3S/c1-3-9(12)11(7-8-13)6-4-5-10(11)16(2,14)15/h9-10,13H,3-8,12H2,1-2H3. The highest BCUT2D eigenvalue weighted by Gasteiger charge is 2.50. The highest BCUT2D eigenvalue weighted by molar-refractivity contribution is 7.91. The second kappa shape index (κ2) is 5.02. The van der Waals surface area contributed by atoms with E-state index in [1.807, 2.05) is 6.92 Å². The Hall–Kier alpha value is -0.130. The second-order valence-corrected chi connectivity index (χ2v) is 7.16. The Bertz CT molecular complexity index is 328. The van der Waals surface area contributed by atoms with E-state index < -0.39 is 15.3 Å². The van der Waals surface area contributed by atoms with E-state index in [1.54, 1.807) is 0 Å². The number of aliphatic hydroxyl groups is 1. The summed E-state index contributed by atoms with van der Waals surface area (Å²) in [5.41, 5.74) is 5.71. The maximum Gasteiger partial charge on any atom is 0.150 e. The third kappa shape index (κ3) is 2.41. The van der Waals surface area contributed by atoms with Gasteiger partial charge in [0.15, 0.2) is 9.84 Å². The average molecular weight is 249 g/mol. The van der Waals surface area contributed by atoms with Gasteiger partial charge in [-0.3, -0.25) is 0 Å². The van der Waals surface area contributed by atoms with E-state index in [4.69, 9.17) is 10.8 Å². The van der Waals surface area contributed by atoms with Crippen molar-refractivity contribution in [3.8, 4) is 0 Å². The molecule has 0 saturated heterocycles. The van der Waals surface area contributed by atoms with Crippen molar-refractivity contribution in [2.75, 3.05) is 12.9 Å². The summed E-state index contributed by atoms with van der Waals surface area (Å²) in [7, 11) is -3.08. The molecule has 1 aliphatic carbocycles. The molecule has 1 aliphatic rings. The molecular weight excluding hydrogens is 226 g/mol. The zero-order valence-electron chi connectivity index (χ0n) is 10.1. The summed E-state index contributed by atoms with van der Waals surface area (Å²) >= 11 is 0. The fourth-order valence-corrected chi connectivity index (χ4v) is 5.07. The van der Waals surface area contributed by atoms with Gasteiger partial charge in [-0.25, -0.2) is 8.42 Å². The minimum Gasteiger partial charge on any atom is -0.396 e. The molecule has 0 heterocycles. The predicted octanol–water partition coefficient (Wildman–Crippen LogP) is 0.690. The van der Waals surface area contributed by atoms with E-state index in [9.17, 15) is 8.42 Å². The van der Waals surface area contributed by atoms with Crippen LogP contribution in [0.15, 0.2) is 0 Å². The summed E-state index contributed by atoms with van der Waals surface area (Å²) in [6.45, 7) is 1.99. The van der Waals surface area contributed by atoms with Crippen molar-refractivity contribution >= 4 is 9.84 Å². The van der Waals surface area contributed by atoms with Crippen LogP contribution in [0.1, 0.15) is 39.0 Å². The molecule has 1 rings (SSSR count). The molecule has 0 amide bonds. The Labute approximate surface area is 98.1 Å². The third-order valence-corrected chi connectivity index (χ3v) is 5.76. The van der Waals surface area contributed by atoms with Crippen molar-refractivity contribution in [3.63, 3.8) is 0 Å². The number of hydrogen-bond donors (Lipinski definition) is 2. The van der Waals surface area contributed by atoms with Crippen molar-refractivity contribution in [1.82, 2.24) is 0 Å². The molecule has 0 bridgehead atoms. The SMILES string of the molecule is CCC(N)C1(CCO)CCCC1S(C)(=O)=O. The summed E-state index contributed by atoms with van der Waals surface area (Å²) in [5, 5.41) is 8.80. The first-order valence-corrected chi connectivity index (χ1v) is 7.89. The summed E-state index contributed by atoms with van der Waals surface area (Å²) in [6, 6.07) is -0.137. The van der Waals surface area contributed by atoms with E-state index in [0.717, 1.165) is 19.3 Å². The molecule has 0 spiro atoms. The lowest BCUT2D eigenvalue weighted by Crippen LogP contribution is -2.49. The normalized spacial score (nSPS) is 32.9. The molecule has 3 N–H and O–H groups in total. The van der Waals surface area contributed by atoms with E-state index in [2.05, 4.69) is 0 Å². The zero-order valence-corrected chi connectivity index (χ0v) is 11.0. The summed E-state index contributed by atoms with van der Waals surface area (Å²) < 4.78 is 23.6. The molecule has 0 aromatic carbocycles.